The lowest BCUT2D eigenvalue weighted by Gasteiger charge is -2.17. The van der Waals surface area contributed by atoms with Crippen molar-refractivity contribution in [3.63, 3.8) is 0 Å². The predicted octanol–water partition coefficient (Wildman–Crippen LogP) is 2.06. The second kappa shape index (κ2) is 6.51. The van der Waals surface area contributed by atoms with Gasteiger partial charge in [-0.05, 0) is 32.1 Å². The second-order valence-electron chi connectivity index (χ2n) is 4.52. The molecular formula is C12H20O4. The van der Waals surface area contributed by atoms with Crippen molar-refractivity contribution >= 4 is 11.9 Å². The molecule has 2 saturated heterocycles. The van der Waals surface area contributed by atoms with E-state index in [4.69, 9.17) is 9.47 Å². The van der Waals surface area contributed by atoms with E-state index in [9.17, 15) is 9.59 Å². The van der Waals surface area contributed by atoms with Crippen LogP contribution in [-0.2, 0) is 19.1 Å². The largest absolute Gasteiger partial charge is 0.465 e. The van der Waals surface area contributed by atoms with Gasteiger partial charge < -0.3 is 9.47 Å². The van der Waals surface area contributed by atoms with Gasteiger partial charge in [-0.25, -0.2) is 0 Å². The zero-order valence-electron chi connectivity index (χ0n) is 10.0. The Labute approximate surface area is 96.3 Å². The SMILES string of the molecule is CC1CCC(=O)OC1.CC1CCCC(=O)O1. The molecule has 2 aliphatic rings. The number of carbonyl (C=O) groups excluding carboxylic acids is 2. The zero-order chi connectivity index (χ0) is 12.0. The smallest absolute Gasteiger partial charge is 0.306 e. The maximum absolute atomic E-state index is 10.5. The summed E-state index contributed by atoms with van der Waals surface area (Å²) in [6.07, 6.45) is 4.42. The molecule has 2 heterocycles. The van der Waals surface area contributed by atoms with Gasteiger partial charge in [-0.3, -0.25) is 9.59 Å². The van der Waals surface area contributed by atoms with Gasteiger partial charge in [0.1, 0.15) is 0 Å². The first-order valence-electron chi connectivity index (χ1n) is 5.93. The van der Waals surface area contributed by atoms with Crippen molar-refractivity contribution < 1.29 is 19.1 Å². The maximum Gasteiger partial charge on any atom is 0.306 e. The average Bonchev–Trinajstić information content (AvgIpc) is 2.23. The fourth-order valence-electron chi connectivity index (χ4n) is 1.63. The first-order valence-corrected chi connectivity index (χ1v) is 5.93. The third kappa shape index (κ3) is 5.14. The van der Waals surface area contributed by atoms with Gasteiger partial charge >= 0.3 is 11.9 Å². The molecule has 2 atom stereocenters. The standard InChI is InChI=1S/2C6H10O2/c1-5-2-3-6(7)8-4-5;1-5-3-2-4-6(7)8-5/h2*5H,2-4H2,1H3. The van der Waals surface area contributed by atoms with Crippen molar-refractivity contribution in [1.82, 2.24) is 0 Å². The number of rotatable bonds is 0. The van der Waals surface area contributed by atoms with Crippen LogP contribution >= 0.6 is 0 Å². The lowest BCUT2D eigenvalue weighted by Crippen LogP contribution is -2.19. The zero-order valence-corrected chi connectivity index (χ0v) is 10.0. The molecule has 0 aromatic heterocycles. The summed E-state index contributed by atoms with van der Waals surface area (Å²) in [5.74, 6) is 0.500. The highest BCUT2D eigenvalue weighted by Gasteiger charge is 2.15. The monoisotopic (exact) mass is 228 g/mol. The number of hydrogen-bond donors (Lipinski definition) is 0. The van der Waals surface area contributed by atoms with E-state index in [2.05, 4.69) is 6.92 Å². The number of cyclic esters (lactones) is 2. The average molecular weight is 228 g/mol. The second-order valence-corrected chi connectivity index (χ2v) is 4.52. The summed E-state index contributed by atoms with van der Waals surface area (Å²) in [4.78, 5) is 20.8. The van der Waals surface area contributed by atoms with E-state index in [1.807, 2.05) is 6.92 Å². The Morgan fingerprint density at radius 3 is 2.19 bits per heavy atom. The first kappa shape index (κ1) is 13.0. The van der Waals surface area contributed by atoms with Gasteiger partial charge in [0.15, 0.2) is 0 Å². The molecule has 0 radical (unpaired) electrons. The topological polar surface area (TPSA) is 52.6 Å². The Bertz CT molecular complexity index is 239. The van der Waals surface area contributed by atoms with Gasteiger partial charge in [-0.2, -0.15) is 0 Å². The highest BCUT2D eigenvalue weighted by molar-refractivity contribution is 5.70. The Morgan fingerprint density at radius 2 is 1.81 bits per heavy atom. The molecule has 0 N–H and O–H groups in total. The van der Waals surface area contributed by atoms with Crippen LogP contribution < -0.4 is 0 Å². The number of esters is 2. The van der Waals surface area contributed by atoms with Crippen LogP contribution in [0, 0.1) is 5.92 Å². The Balaban J connectivity index is 0.000000160. The maximum atomic E-state index is 10.5. The van der Waals surface area contributed by atoms with E-state index in [0.717, 1.165) is 19.3 Å². The van der Waals surface area contributed by atoms with E-state index < -0.39 is 0 Å². The molecule has 4 heteroatoms. The quantitative estimate of drug-likeness (QED) is 0.595. The van der Waals surface area contributed by atoms with Crippen molar-refractivity contribution in [3.8, 4) is 0 Å². The van der Waals surface area contributed by atoms with Crippen LogP contribution in [0.25, 0.3) is 0 Å². The summed E-state index contributed by atoms with van der Waals surface area (Å²) in [7, 11) is 0. The molecule has 2 aliphatic heterocycles. The molecule has 0 spiro atoms. The molecule has 0 aromatic rings. The van der Waals surface area contributed by atoms with Crippen LogP contribution in [0.1, 0.15) is 46.0 Å². The molecule has 0 bridgehead atoms. The molecule has 92 valence electrons. The molecular weight excluding hydrogens is 208 g/mol. The molecule has 2 unspecified atom stereocenters. The summed E-state index contributed by atoms with van der Waals surface area (Å²) in [5, 5.41) is 0. The van der Waals surface area contributed by atoms with Gasteiger partial charge in [0.05, 0.1) is 12.7 Å². The Kier molecular flexibility index (Phi) is 5.29. The summed E-state index contributed by atoms with van der Waals surface area (Å²) in [6.45, 7) is 4.64. The number of carbonyl (C=O) groups is 2. The van der Waals surface area contributed by atoms with Crippen LogP contribution in [0.3, 0.4) is 0 Å². The number of hydrogen-bond acceptors (Lipinski definition) is 4. The van der Waals surface area contributed by atoms with Crippen molar-refractivity contribution in [2.45, 2.75) is 52.1 Å². The lowest BCUT2D eigenvalue weighted by molar-refractivity contribution is -0.152. The molecule has 2 fully saturated rings. The van der Waals surface area contributed by atoms with Crippen LogP contribution in [-0.4, -0.2) is 24.6 Å². The van der Waals surface area contributed by atoms with E-state index >= 15 is 0 Å². The van der Waals surface area contributed by atoms with Crippen LogP contribution in [0.2, 0.25) is 0 Å². The van der Waals surface area contributed by atoms with Gasteiger partial charge in [-0.1, -0.05) is 6.92 Å². The normalized spacial score (nSPS) is 29.6. The fraction of sp³-hybridized carbons (Fsp3) is 0.833. The van der Waals surface area contributed by atoms with Gasteiger partial charge in [-0.15, -0.1) is 0 Å². The third-order valence-electron chi connectivity index (χ3n) is 2.69. The van der Waals surface area contributed by atoms with E-state index in [-0.39, 0.29) is 18.0 Å². The minimum atomic E-state index is -0.0388. The molecule has 0 aliphatic carbocycles. The molecule has 4 nitrogen and oxygen atoms in total. The highest BCUT2D eigenvalue weighted by Crippen LogP contribution is 2.12. The van der Waals surface area contributed by atoms with Crippen LogP contribution in [0.15, 0.2) is 0 Å². The Morgan fingerprint density at radius 1 is 1.06 bits per heavy atom. The van der Waals surface area contributed by atoms with E-state index in [0.29, 0.717) is 25.4 Å². The molecule has 16 heavy (non-hydrogen) atoms. The van der Waals surface area contributed by atoms with Crippen molar-refractivity contribution in [1.29, 1.82) is 0 Å². The summed E-state index contributed by atoms with van der Waals surface area (Å²) in [6, 6.07) is 0. The van der Waals surface area contributed by atoms with Crippen LogP contribution in [0.5, 0.6) is 0 Å². The molecule has 0 amide bonds. The minimum absolute atomic E-state index is 0.0382. The highest BCUT2D eigenvalue weighted by atomic mass is 16.5. The summed E-state index contributed by atoms with van der Waals surface area (Å²) < 4.78 is 9.60. The van der Waals surface area contributed by atoms with Crippen molar-refractivity contribution in [2.24, 2.45) is 5.92 Å². The van der Waals surface area contributed by atoms with Crippen molar-refractivity contribution in [2.75, 3.05) is 6.61 Å². The summed E-state index contributed by atoms with van der Waals surface area (Å²) >= 11 is 0. The fourth-order valence-corrected chi connectivity index (χ4v) is 1.63. The van der Waals surface area contributed by atoms with Gasteiger partial charge in [0, 0.05) is 12.8 Å². The van der Waals surface area contributed by atoms with Crippen molar-refractivity contribution in [3.05, 3.63) is 0 Å². The molecule has 2 rings (SSSR count). The van der Waals surface area contributed by atoms with Gasteiger partial charge in [0.2, 0.25) is 0 Å². The molecule has 0 saturated carbocycles. The number of ether oxygens (including phenoxy) is 2. The van der Waals surface area contributed by atoms with Gasteiger partial charge in [0.25, 0.3) is 0 Å². The molecule has 0 aromatic carbocycles. The van der Waals surface area contributed by atoms with Crippen LogP contribution in [0.4, 0.5) is 0 Å². The van der Waals surface area contributed by atoms with E-state index in [1.165, 1.54) is 0 Å². The lowest BCUT2D eigenvalue weighted by atomic mass is 10.1. The Hall–Kier alpha value is -1.06. The third-order valence-corrected chi connectivity index (χ3v) is 2.69. The first-order chi connectivity index (χ1) is 7.58. The summed E-state index contributed by atoms with van der Waals surface area (Å²) in [5.41, 5.74) is 0. The predicted molar refractivity (Wildman–Crippen MR) is 58.8 cm³/mol. The van der Waals surface area contributed by atoms with E-state index in [1.54, 1.807) is 0 Å². The minimum Gasteiger partial charge on any atom is -0.465 e.